The molecule has 12 heavy (non-hydrogen) atoms. The number of pyridine rings is 1. The Morgan fingerprint density at radius 1 is 1.50 bits per heavy atom. The average Bonchev–Trinajstić information content (AvgIpc) is 2.09. The summed E-state index contributed by atoms with van der Waals surface area (Å²) in [5.74, 6) is 0.721. The molecule has 0 amide bonds. The highest BCUT2D eigenvalue weighted by Gasteiger charge is 2.04. The Balaban J connectivity index is 3.31. The summed E-state index contributed by atoms with van der Waals surface area (Å²) < 4.78 is 5.08. The van der Waals surface area contributed by atoms with Crippen molar-refractivity contribution in [1.82, 2.24) is 4.98 Å². The van der Waals surface area contributed by atoms with Gasteiger partial charge in [0.1, 0.15) is 17.5 Å². The monoisotopic (exact) mass is 162 g/mol. The number of nitrogens with zero attached hydrogens (tertiary/aromatic N) is 2. The first-order valence-corrected chi connectivity index (χ1v) is 3.61. The fourth-order valence-corrected chi connectivity index (χ4v) is 0.977. The summed E-state index contributed by atoms with van der Waals surface area (Å²) in [6.45, 7) is 3.78. The van der Waals surface area contributed by atoms with E-state index in [9.17, 15) is 0 Å². The van der Waals surface area contributed by atoms with E-state index in [1.165, 1.54) is 0 Å². The van der Waals surface area contributed by atoms with E-state index in [0.29, 0.717) is 5.69 Å². The highest BCUT2D eigenvalue weighted by molar-refractivity contribution is 5.40. The first-order chi connectivity index (χ1) is 5.69. The van der Waals surface area contributed by atoms with Crippen LogP contribution in [0.2, 0.25) is 0 Å². The van der Waals surface area contributed by atoms with Crippen LogP contribution in [0.5, 0.6) is 5.75 Å². The molecule has 0 unspecified atom stereocenters. The maximum atomic E-state index is 8.60. The van der Waals surface area contributed by atoms with E-state index in [-0.39, 0.29) is 0 Å². The lowest BCUT2D eigenvalue weighted by atomic mass is 10.2. The van der Waals surface area contributed by atoms with Gasteiger partial charge < -0.3 is 4.74 Å². The van der Waals surface area contributed by atoms with Crippen LogP contribution in [0.4, 0.5) is 0 Å². The molecular formula is C9H10N2O. The van der Waals surface area contributed by atoms with Crippen molar-refractivity contribution < 1.29 is 4.74 Å². The van der Waals surface area contributed by atoms with Crippen LogP contribution in [-0.2, 0) is 0 Å². The zero-order chi connectivity index (χ0) is 9.14. The Morgan fingerprint density at radius 2 is 2.17 bits per heavy atom. The van der Waals surface area contributed by atoms with Gasteiger partial charge in [0, 0.05) is 17.3 Å². The lowest BCUT2D eigenvalue weighted by Crippen LogP contribution is -1.95. The summed E-state index contributed by atoms with van der Waals surface area (Å²) in [7, 11) is 1.59. The molecule has 0 bridgehead atoms. The van der Waals surface area contributed by atoms with E-state index in [1.807, 2.05) is 19.9 Å². The molecule has 3 nitrogen and oxygen atoms in total. The number of aryl methyl sites for hydroxylation is 1. The van der Waals surface area contributed by atoms with Gasteiger partial charge in [-0.25, -0.2) is 4.98 Å². The van der Waals surface area contributed by atoms with E-state index >= 15 is 0 Å². The SMILES string of the molecule is COc1cc(C#N)nc(C)c1C. The summed E-state index contributed by atoms with van der Waals surface area (Å²) in [6, 6.07) is 3.62. The smallest absolute Gasteiger partial charge is 0.144 e. The number of hydrogen-bond acceptors (Lipinski definition) is 3. The molecule has 1 aromatic rings. The molecule has 0 aliphatic heterocycles. The Bertz CT molecular complexity index is 339. The second kappa shape index (κ2) is 3.22. The van der Waals surface area contributed by atoms with Gasteiger partial charge in [-0.1, -0.05) is 0 Å². The first kappa shape index (κ1) is 8.54. The Kier molecular flexibility index (Phi) is 2.29. The third-order valence-electron chi connectivity index (χ3n) is 1.80. The number of aromatic nitrogens is 1. The Hall–Kier alpha value is -1.56. The molecule has 0 saturated heterocycles. The molecule has 3 heteroatoms. The molecule has 0 aromatic carbocycles. The number of methoxy groups -OCH3 is 1. The van der Waals surface area contributed by atoms with Crippen molar-refractivity contribution in [3.8, 4) is 11.8 Å². The number of hydrogen-bond donors (Lipinski definition) is 0. The number of ether oxygens (including phenoxy) is 1. The Labute approximate surface area is 71.6 Å². The maximum Gasteiger partial charge on any atom is 0.144 e. The van der Waals surface area contributed by atoms with Crippen LogP contribution >= 0.6 is 0 Å². The fraction of sp³-hybridized carbons (Fsp3) is 0.333. The average molecular weight is 162 g/mol. The molecule has 0 atom stereocenters. The minimum absolute atomic E-state index is 0.398. The van der Waals surface area contributed by atoms with Gasteiger partial charge in [0.15, 0.2) is 0 Å². The van der Waals surface area contributed by atoms with Crippen LogP contribution in [0.25, 0.3) is 0 Å². The Morgan fingerprint density at radius 3 is 2.67 bits per heavy atom. The van der Waals surface area contributed by atoms with Crippen LogP contribution in [0.15, 0.2) is 6.07 Å². The molecule has 0 spiro atoms. The van der Waals surface area contributed by atoms with Crippen molar-refractivity contribution in [2.24, 2.45) is 0 Å². The minimum atomic E-state index is 0.398. The van der Waals surface area contributed by atoms with Crippen LogP contribution < -0.4 is 4.74 Å². The van der Waals surface area contributed by atoms with E-state index in [4.69, 9.17) is 10.00 Å². The molecule has 0 aliphatic carbocycles. The summed E-state index contributed by atoms with van der Waals surface area (Å²) in [4.78, 5) is 4.06. The molecule has 1 aromatic heterocycles. The fourth-order valence-electron chi connectivity index (χ4n) is 0.977. The summed E-state index contributed by atoms with van der Waals surface area (Å²) in [5.41, 5.74) is 2.22. The van der Waals surface area contributed by atoms with Gasteiger partial charge in [0.05, 0.1) is 7.11 Å². The quantitative estimate of drug-likeness (QED) is 0.629. The van der Waals surface area contributed by atoms with Gasteiger partial charge >= 0.3 is 0 Å². The first-order valence-electron chi connectivity index (χ1n) is 3.61. The number of nitriles is 1. The second-order valence-corrected chi connectivity index (χ2v) is 2.53. The van der Waals surface area contributed by atoms with Crippen molar-refractivity contribution in [3.05, 3.63) is 23.0 Å². The van der Waals surface area contributed by atoms with Gasteiger partial charge in [-0.2, -0.15) is 5.26 Å². The van der Waals surface area contributed by atoms with Crippen LogP contribution in [0, 0.1) is 25.2 Å². The maximum absolute atomic E-state index is 8.60. The van der Waals surface area contributed by atoms with Crippen LogP contribution in [0.3, 0.4) is 0 Å². The van der Waals surface area contributed by atoms with Crippen molar-refractivity contribution in [3.63, 3.8) is 0 Å². The van der Waals surface area contributed by atoms with Crippen molar-refractivity contribution in [1.29, 1.82) is 5.26 Å². The topological polar surface area (TPSA) is 45.9 Å². The summed E-state index contributed by atoms with van der Waals surface area (Å²) >= 11 is 0. The second-order valence-electron chi connectivity index (χ2n) is 2.53. The molecule has 0 N–H and O–H groups in total. The lowest BCUT2D eigenvalue weighted by molar-refractivity contribution is 0.410. The van der Waals surface area contributed by atoms with Crippen molar-refractivity contribution >= 4 is 0 Å². The third-order valence-corrected chi connectivity index (χ3v) is 1.80. The third kappa shape index (κ3) is 1.37. The molecule has 1 heterocycles. The molecule has 1 rings (SSSR count). The van der Waals surface area contributed by atoms with Gasteiger partial charge in [0.2, 0.25) is 0 Å². The van der Waals surface area contributed by atoms with E-state index < -0.39 is 0 Å². The highest BCUT2D eigenvalue weighted by atomic mass is 16.5. The molecule has 0 radical (unpaired) electrons. The largest absolute Gasteiger partial charge is 0.496 e. The highest BCUT2D eigenvalue weighted by Crippen LogP contribution is 2.19. The predicted octanol–water partition coefficient (Wildman–Crippen LogP) is 1.58. The lowest BCUT2D eigenvalue weighted by Gasteiger charge is -2.06. The van der Waals surface area contributed by atoms with Crippen molar-refractivity contribution in [2.75, 3.05) is 7.11 Å². The molecule has 0 aliphatic rings. The van der Waals surface area contributed by atoms with E-state index in [2.05, 4.69) is 4.98 Å². The standard InChI is InChI=1S/C9H10N2O/c1-6-7(2)11-8(5-10)4-9(6)12-3/h4H,1-3H3. The molecule has 0 saturated carbocycles. The van der Waals surface area contributed by atoms with Gasteiger partial charge in [-0.05, 0) is 13.8 Å². The van der Waals surface area contributed by atoms with E-state index in [0.717, 1.165) is 17.0 Å². The minimum Gasteiger partial charge on any atom is -0.496 e. The zero-order valence-electron chi connectivity index (χ0n) is 7.38. The van der Waals surface area contributed by atoms with Gasteiger partial charge in [-0.3, -0.25) is 0 Å². The zero-order valence-corrected chi connectivity index (χ0v) is 7.38. The summed E-state index contributed by atoms with van der Waals surface area (Å²) in [5, 5.41) is 8.60. The van der Waals surface area contributed by atoms with E-state index in [1.54, 1.807) is 13.2 Å². The normalized spacial score (nSPS) is 9.17. The summed E-state index contributed by atoms with van der Waals surface area (Å²) in [6.07, 6.45) is 0. The van der Waals surface area contributed by atoms with Crippen molar-refractivity contribution in [2.45, 2.75) is 13.8 Å². The van der Waals surface area contributed by atoms with Gasteiger partial charge in [0.25, 0.3) is 0 Å². The predicted molar refractivity (Wildman–Crippen MR) is 45.0 cm³/mol. The molecule has 62 valence electrons. The van der Waals surface area contributed by atoms with Crippen LogP contribution in [-0.4, -0.2) is 12.1 Å². The van der Waals surface area contributed by atoms with Crippen LogP contribution in [0.1, 0.15) is 17.0 Å². The molecule has 0 fully saturated rings. The molecular weight excluding hydrogens is 152 g/mol. The number of rotatable bonds is 1. The van der Waals surface area contributed by atoms with Gasteiger partial charge in [-0.15, -0.1) is 0 Å².